The zero-order chi connectivity index (χ0) is 51.0. The van der Waals surface area contributed by atoms with Crippen LogP contribution < -0.4 is 10.6 Å². The minimum atomic E-state index is -3.83. The third-order valence-electron chi connectivity index (χ3n) is 14.4. The van der Waals surface area contributed by atoms with Crippen LogP contribution in [0.15, 0.2) is 155 Å². The number of benzene rings is 6. The first-order chi connectivity index (χ1) is 35.0. The molecule has 2 N–H and O–H groups in total. The monoisotopic (exact) mass is 1010 g/mol. The molecule has 0 aliphatic rings. The summed E-state index contributed by atoms with van der Waals surface area (Å²) in [6.07, 6.45) is 27.7. The van der Waals surface area contributed by atoms with Crippen LogP contribution in [0.4, 0.5) is 17.1 Å². The van der Waals surface area contributed by atoms with Gasteiger partial charge >= 0.3 is 0 Å². The minimum Gasteiger partial charge on any atom is -0.388 e. The second-order valence-electron chi connectivity index (χ2n) is 20.2. The Morgan fingerprint density at radius 1 is 0.347 bits per heavy atom. The van der Waals surface area contributed by atoms with E-state index in [2.05, 4.69) is 24.5 Å². The fourth-order valence-corrected chi connectivity index (χ4v) is 13.6. The first kappa shape index (κ1) is 56.1. The van der Waals surface area contributed by atoms with Crippen LogP contribution in [0.5, 0.6) is 0 Å². The van der Waals surface area contributed by atoms with E-state index in [9.17, 15) is 16.8 Å². The summed E-state index contributed by atoms with van der Waals surface area (Å²) in [6, 6.07) is 45.6. The highest BCUT2D eigenvalue weighted by Crippen LogP contribution is 2.39. The average molecular weight is 1010 g/mol. The quantitative estimate of drug-likeness (QED) is 0.0399. The molecule has 386 valence electrons. The van der Waals surface area contributed by atoms with Crippen molar-refractivity contribution in [1.29, 1.82) is 0 Å². The van der Waals surface area contributed by atoms with Gasteiger partial charge in [0.1, 0.15) is 10.5 Å². The van der Waals surface area contributed by atoms with Crippen molar-refractivity contribution in [3.63, 3.8) is 0 Å². The molecule has 6 aromatic rings. The van der Waals surface area contributed by atoms with Crippen molar-refractivity contribution < 1.29 is 16.8 Å². The second kappa shape index (κ2) is 29.5. The van der Waals surface area contributed by atoms with Gasteiger partial charge in [0.25, 0.3) is 0 Å². The molecule has 0 spiro atoms. The van der Waals surface area contributed by atoms with Crippen LogP contribution in [0.25, 0.3) is 0 Å². The molecule has 0 amide bonds. The Morgan fingerprint density at radius 2 is 0.625 bits per heavy atom. The maximum Gasteiger partial charge on any atom is 0.189 e. The third kappa shape index (κ3) is 16.9. The molecule has 0 radical (unpaired) electrons. The molecule has 6 aromatic carbocycles. The van der Waals surface area contributed by atoms with Gasteiger partial charge < -0.3 is 10.6 Å². The molecule has 2 unspecified atom stereocenters. The van der Waals surface area contributed by atoms with E-state index in [1.165, 1.54) is 127 Å². The number of sulfone groups is 2. The molecule has 0 fully saturated rings. The van der Waals surface area contributed by atoms with Crippen molar-refractivity contribution >= 4 is 36.7 Å². The zero-order valence-electron chi connectivity index (χ0n) is 44.0. The number of aryl methyl sites for hydroxylation is 3. The Hall–Kier alpha value is -5.18. The van der Waals surface area contributed by atoms with Gasteiger partial charge in [-0.05, 0) is 127 Å². The van der Waals surface area contributed by atoms with Crippen LogP contribution in [-0.4, -0.2) is 23.9 Å². The number of hydrogen-bond acceptors (Lipinski definition) is 6. The number of hydrogen-bond donors (Lipinski definition) is 2. The standard InChI is InChI=1S/C64H84N2O4S2/c1-5-7-9-11-13-15-17-19-21-23-25-52-29-47-61(48-30-52)71(67,68)63(54-33-27-51(3)28-34-54)56-37-43-59(44-38-56)66-60-45-39-57(40-46-60)64(55-35-41-58(65-4)42-36-55)72(69,70)62-49-31-53(32-50-62)26-24-22-20-18-16-14-12-10-8-6-2/h27-50,63-66H,5-26H2,1-4H3. The number of anilines is 3. The largest absolute Gasteiger partial charge is 0.388 e. The van der Waals surface area contributed by atoms with Crippen molar-refractivity contribution in [3.8, 4) is 0 Å². The lowest BCUT2D eigenvalue weighted by molar-refractivity contribution is 0.556. The maximum absolute atomic E-state index is 14.6. The van der Waals surface area contributed by atoms with Gasteiger partial charge in [-0.1, -0.05) is 220 Å². The first-order valence-corrected chi connectivity index (χ1v) is 30.6. The van der Waals surface area contributed by atoms with E-state index >= 15 is 0 Å². The molecule has 8 heteroatoms. The summed E-state index contributed by atoms with van der Waals surface area (Å²) in [5, 5.41) is 4.81. The smallest absolute Gasteiger partial charge is 0.189 e. The minimum absolute atomic E-state index is 0.307. The molecule has 0 heterocycles. The predicted octanol–water partition coefficient (Wildman–Crippen LogP) is 17.8. The molecular formula is C64H84N2O4S2. The van der Waals surface area contributed by atoms with Crippen molar-refractivity contribution in [2.45, 2.75) is 182 Å². The summed E-state index contributed by atoms with van der Waals surface area (Å²) in [5.74, 6) is 0. The van der Waals surface area contributed by atoms with Crippen molar-refractivity contribution in [2.75, 3.05) is 17.7 Å². The number of rotatable bonds is 33. The molecule has 0 aromatic heterocycles. The van der Waals surface area contributed by atoms with E-state index in [0.717, 1.165) is 53.9 Å². The van der Waals surface area contributed by atoms with E-state index in [-0.39, 0.29) is 0 Å². The summed E-state index contributed by atoms with van der Waals surface area (Å²) in [7, 11) is -5.79. The van der Waals surface area contributed by atoms with E-state index in [4.69, 9.17) is 0 Å². The van der Waals surface area contributed by atoms with E-state index in [0.29, 0.717) is 26.5 Å². The van der Waals surface area contributed by atoms with Gasteiger partial charge in [-0.15, -0.1) is 0 Å². The fraction of sp³-hybridized carbons (Fsp3) is 0.438. The summed E-state index contributed by atoms with van der Waals surface area (Å²) in [4.78, 5) is 0.624. The summed E-state index contributed by atoms with van der Waals surface area (Å²) in [5.41, 5.74) is 8.63. The second-order valence-corrected chi connectivity index (χ2v) is 24.2. The molecule has 0 saturated carbocycles. The molecule has 72 heavy (non-hydrogen) atoms. The fourth-order valence-electron chi connectivity index (χ4n) is 9.91. The lowest BCUT2D eigenvalue weighted by Crippen LogP contribution is -2.16. The summed E-state index contributed by atoms with van der Waals surface area (Å²) >= 11 is 0. The van der Waals surface area contributed by atoms with Gasteiger partial charge in [-0.25, -0.2) is 16.8 Å². The highest BCUT2D eigenvalue weighted by atomic mass is 32.2. The zero-order valence-corrected chi connectivity index (χ0v) is 45.6. The molecule has 6 rings (SSSR count). The highest BCUT2D eigenvalue weighted by molar-refractivity contribution is 7.92. The normalized spacial score (nSPS) is 12.7. The molecular weight excluding hydrogens is 925 g/mol. The third-order valence-corrected chi connectivity index (χ3v) is 18.5. The molecule has 0 bridgehead atoms. The van der Waals surface area contributed by atoms with Crippen LogP contribution in [0.2, 0.25) is 0 Å². The molecule has 0 aliphatic heterocycles. The topological polar surface area (TPSA) is 92.3 Å². The molecule has 2 atom stereocenters. The van der Waals surface area contributed by atoms with Gasteiger partial charge in [-0.3, -0.25) is 0 Å². The van der Waals surface area contributed by atoms with Crippen molar-refractivity contribution in [2.24, 2.45) is 0 Å². The van der Waals surface area contributed by atoms with E-state index in [1.807, 2.05) is 135 Å². The Bertz CT molecular complexity index is 2680. The first-order valence-electron chi connectivity index (χ1n) is 27.5. The van der Waals surface area contributed by atoms with E-state index < -0.39 is 30.2 Å². The van der Waals surface area contributed by atoms with E-state index in [1.54, 1.807) is 24.3 Å². The maximum atomic E-state index is 14.6. The van der Waals surface area contributed by atoms with Gasteiger partial charge in [0.05, 0.1) is 9.79 Å². The number of nitrogens with one attached hydrogen (secondary N) is 2. The Balaban J connectivity index is 1.11. The summed E-state index contributed by atoms with van der Waals surface area (Å²) < 4.78 is 58.4. The Kier molecular flexibility index (Phi) is 23.0. The molecule has 0 aliphatic carbocycles. The van der Waals surface area contributed by atoms with Crippen LogP contribution in [0.1, 0.15) is 192 Å². The van der Waals surface area contributed by atoms with Crippen molar-refractivity contribution in [3.05, 3.63) is 185 Å². The van der Waals surface area contributed by atoms with Crippen LogP contribution >= 0.6 is 0 Å². The van der Waals surface area contributed by atoms with Gasteiger partial charge in [0.15, 0.2) is 19.7 Å². The van der Waals surface area contributed by atoms with Crippen LogP contribution in [-0.2, 0) is 32.5 Å². The van der Waals surface area contributed by atoms with Gasteiger partial charge in [-0.2, -0.15) is 0 Å². The van der Waals surface area contributed by atoms with Crippen LogP contribution in [0.3, 0.4) is 0 Å². The SMILES string of the molecule is CCCCCCCCCCCCc1ccc(S(=O)(=O)C(c2ccc(C)cc2)c2ccc(Nc3ccc(C(c4ccc(NC)cc4)S(=O)(=O)c4ccc(CCCCCCCCCCCC)cc4)cc3)cc2)cc1. The number of unbranched alkanes of at least 4 members (excludes halogenated alkanes) is 18. The Morgan fingerprint density at radius 3 is 0.931 bits per heavy atom. The Labute approximate surface area is 435 Å². The lowest BCUT2D eigenvalue weighted by Gasteiger charge is -2.21. The van der Waals surface area contributed by atoms with Gasteiger partial charge in [0, 0.05) is 24.1 Å². The average Bonchev–Trinajstić information content (AvgIpc) is 3.39. The molecule has 6 nitrogen and oxygen atoms in total. The highest BCUT2D eigenvalue weighted by Gasteiger charge is 2.32. The van der Waals surface area contributed by atoms with Crippen molar-refractivity contribution in [1.82, 2.24) is 0 Å². The molecule has 0 saturated heterocycles. The summed E-state index contributed by atoms with van der Waals surface area (Å²) in [6.45, 7) is 6.52. The lowest BCUT2D eigenvalue weighted by atomic mass is 10.0. The predicted molar refractivity (Wildman–Crippen MR) is 305 cm³/mol. The van der Waals surface area contributed by atoms with Gasteiger partial charge in [0.2, 0.25) is 0 Å². The van der Waals surface area contributed by atoms with Crippen LogP contribution in [0, 0.1) is 6.92 Å².